The molecule has 0 aromatic carbocycles. The third-order valence-electron chi connectivity index (χ3n) is 7.81. The van der Waals surface area contributed by atoms with Gasteiger partial charge in [-0.15, -0.1) is 0 Å². The fourth-order valence-corrected chi connectivity index (χ4v) is 7.41. The van der Waals surface area contributed by atoms with Crippen molar-refractivity contribution in [3.63, 3.8) is 0 Å². The lowest BCUT2D eigenvalue weighted by molar-refractivity contribution is 0.513. The standard InChI is InChI=1S/C32H65Cl2ISi/c33-36(34)32-30-28-26-24-22-20-18-16-14-12-10-8-6-4-2-1-3-5-7-9-11-13-15-17-19-21-23-25-27-29-31-35/h36H,1-32H2. The SMILES string of the molecule is Cl[SiH](Cl)CCCCCCCCCCCCCCCCCCCCCCCCCCCCCCCCI. The Morgan fingerprint density at radius 2 is 0.444 bits per heavy atom. The van der Waals surface area contributed by atoms with Gasteiger partial charge in [0.25, 0.3) is 0 Å². The van der Waals surface area contributed by atoms with E-state index in [0.29, 0.717) is 0 Å². The molecule has 0 rings (SSSR count). The first-order valence-corrected chi connectivity index (χ1v) is 22.4. The van der Waals surface area contributed by atoms with Crippen molar-refractivity contribution in [1.82, 2.24) is 0 Å². The third kappa shape index (κ3) is 35.5. The molecule has 0 nitrogen and oxygen atoms in total. The van der Waals surface area contributed by atoms with E-state index in [4.69, 9.17) is 22.2 Å². The molecular weight excluding hydrogens is 610 g/mol. The Labute approximate surface area is 253 Å². The van der Waals surface area contributed by atoms with E-state index in [-0.39, 0.29) is 0 Å². The molecule has 0 bridgehead atoms. The largest absolute Gasteiger partial charge is 0.237 e. The quantitative estimate of drug-likeness (QED) is 0.0219. The van der Waals surface area contributed by atoms with Crippen molar-refractivity contribution in [2.75, 3.05) is 4.43 Å². The maximum absolute atomic E-state index is 5.90. The van der Waals surface area contributed by atoms with Gasteiger partial charge < -0.3 is 0 Å². The van der Waals surface area contributed by atoms with E-state index >= 15 is 0 Å². The first-order valence-electron chi connectivity index (χ1n) is 16.6. The summed E-state index contributed by atoms with van der Waals surface area (Å²) in [5, 5.41) is 0. The van der Waals surface area contributed by atoms with E-state index in [1.807, 2.05) is 0 Å². The second kappa shape index (κ2) is 34.6. The van der Waals surface area contributed by atoms with Crippen LogP contribution in [0.15, 0.2) is 0 Å². The zero-order valence-corrected chi connectivity index (χ0v) is 29.2. The summed E-state index contributed by atoms with van der Waals surface area (Å²) in [5.74, 6) is 0. The molecule has 0 aromatic heterocycles. The molecule has 36 heavy (non-hydrogen) atoms. The third-order valence-corrected chi connectivity index (χ3v) is 10.7. The number of hydrogen-bond acceptors (Lipinski definition) is 0. The van der Waals surface area contributed by atoms with Crippen LogP contribution in [-0.2, 0) is 0 Å². The molecule has 0 fully saturated rings. The lowest BCUT2D eigenvalue weighted by atomic mass is 10.0. The molecule has 0 N–H and O–H groups in total. The average molecular weight is 676 g/mol. The van der Waals surface area contributed by atoms with Crippen LogP contribution >= 0.6 is 44.7 Å². The molecule has 0 amide bonds. The minimum absolute atomic E-state index is 1.10. The number of rotatable bonds is 32. The van der Waals surface area contributed by atoms with Crippen LogP contribution in [0.4, 0.5) is 0 Å². The Morgan fingerprint density at radius 1 is 0.278 bits per heavy atom. The van der Waals surface area contributed by atoms with E-state index in [0.717, 1.165) is 6.04 Å². The molecule has 0 unspecified atom stereocenters. The van der Waals surface area contributed by atoms with Crippen LogP contribution in [0.25, 0.3) is 0 Å². The van der Waals surface area contributed by atoms with E-state index in [1.54, 1.807) is 0 Å². The topological polar surface area (TPSA) is 0 Å². The highest BCUT2D eigenvalue weighted by atomic mass is 127. The molecule has 0 aliphatic heterocycles. The molecule has 0 saturated heterocycles. The monoisotopic (exact) mass is 674 g/mol. The number of alkyl halides is 1. The maximum atomic E-state index is 5.90. The van der Waals surface area contributed by atoms with Gasteiger partial charge >= 0.3 is 0 Å². The van der Waals surface area contributed by atoms with Crippen LogP contribution in [-0.4, -0.2) is 11.8 Å². The van der Waals surface area contributed by atoms with Gasteiger partial charge in [-0.1, -0.05) is 209 Å². The molecule has 0 aliphatic rings. The summed E-state index contributed by atoms with van der Waals surface area (Å²) in [4.78, 5) is 0. The van der Waals surface area contributed by atoms with Crippen molar-refractivity contribution in [3.8, 4) is 0 Å². The van der Waals surface area contributed by atoms with Gasteiger partial charge in [0.2, 0.25) is 7.42 Å². The minimum atomic E-state index is -1.33. The lowest BCUT2D eigenvalue weighted by Crippen LogP contribution is -1.91. The number of hydrogen-bond donors (Lipinski definition) is 0. The second-order valence-corrected chi connectivity index (χ2v) is 17.7. The Balaban J connectivity index is 3.01. The van der Waals surface area contributed by atoms with Crippen molar-refractivity contribution in [1.29, 1.82) is 0 Å². The van der Waals surface area contributed by atoms with Crippen LogP contribution < -0.4 is 0 Å². The van der Waals surface area contributed by atoms with Crippen molar-refractivity contribution in [2.45, 2.75) is 199 Å². The van der Waals surface area contributed by atoms with E-state index < -0.39 is 7.42 Å². The molecule has 0 heterocycles. The highest BCUT2D eigenvalue weighted by molar-refractivity contribution is 14.1. The fraction of sp³-hybridized carbons (Fsp3) is 1.00. The Morgan fingerprint density at radius 3 is 0.611 bits per heavy atom. The lowest BCUT2D eigenvalue weighted by Gasteiger charge is -2.05. The zero-order valence-electron chi connectivity index (χ0n) is 24.3. The smallest absolute Gasteiger partial charge is 0.150 e. The summed E-state index contributed by atoms with van der Waals surface area (Å²) in [6, 6.07) is 1.10. The molecule has 0 spiro atoms. The zero-order chi connectivity index (χ0) is 26.2. The highest BCUT2D eigenvalue weighted by Crippen LogP contribution is 2.17. The molecule has 0 radical (unpaired) electrons. The van der Waals surface area contributed by atoms with E-state index in [9.17, 15) is 0 Å². The van der Waals surface area contributed by atoms with E-state index in [1.165, 1.54) is 197 Å². The fourth-order valence-electron chi connectivity index (χ4n) is 5.34. The molecule has 0 atom stereocenters. The predicted molar refractivity (Wildman–Crippen MR) is 181 cm³/mol. The van der Waals surface area contributed by atoms with Gasteiger partial charge in [0.1, 0.15) is 0 Å². The number of halogens is 3. The summed E-state index contributed by atoms with van der Waals surface area (Å²) in [7, 11) is -1.33. The Bertz CT molecular complexity index is 381. The maximum Gasteiger partial charge on any atom is 0.237 e. The molecule has 0 aromatic rings. The van der Waals surface area contributed by atoms with Gasteiger partial charge in [-0.3, -0.25) is 0 Å². The van der Waals surface area contributed by atoms with Crippen LogP contribution in [0.2, 0.25) is 6.04 Å². The Hall–Kier alpha value is 1.53. The normalized spacial score (nSPS) is 11.7. The highest BCUT2D eigenvalue weighted by Gasteiger charge is 2.01. The van der Waals surface area contributed by atoms with Gasteiger partial charge in [0, 0.05) is 0 Å². The van der Waals surface area contributed by atoms with Crippen molar-refractivity contribution in [2.24, 2.45) is 0 Å². The summed E-state index contributed by atoms with van der Waals surface area (Å²) < 4.78 is 1.34. The molecule has 4 heteroatoms. The average Bonchev–Trinajstić information content (AvgIpc) is 2.87. The van der Waals surface area contributed by atoms with Gasteiger partial charge in [-0.2, -0.15) is 22.2 Å². The number of unbranched alkanes of at least 4 members (excludes halogenated alkanes) is 29. The first kappa shape index (κ1) is 37.5. The summed E-state index contributed by atoms with van der Waals surface area (Å²) in [6.07, 6.45) is 43.7. The van der Waals surface area contributed by atoms with Crippen molar-refractivity contribution in [3.05, 3.63) is 0 Å². The molecule has 218 valence electrons. The van der Waals surface area contributed by atoms with Crippen molar-refractivity contribution >= 4 is 52.2 Å². The minimum Gasteiger partial charge on any atom is -0.150 e. The van der Waals surface area contributed by atoms with Crippen molar-refractivity contribution < 1.29 is 0 Å². The van der Waals surface area contributed by atoms with Gasteiger partial charge in [-0.05, 0) is 16.9 Å². The van der Waals surface area contributed by atoms with Crippen LogP contribution in [0.5, 0.6) is 0 Å². The predicted octanol–water partition coefficient (Wildman–Crippen LogP) is 13.8. The van der Waals surface area contributed by atoms with Crippen LogP contribution in [0.3, 0.4) is 0 Å². The van der Waals surface area contributed by atoms with E-state index in [2.05, 4.69) is 22.6 Å². The van der Waals surface area contributed by atoms with Gasteiger partial charge in [0.15, 0.2) is 0 Å². The first-order chi connectivity index (χ1) is 17.8. The van der Waals surface area contributed by atoms with Gasteiger partial charge in [0.05, 0.1) is 0 Å². The summed E-state index contributed by atoms with van der Waals surface area (Å²) in [5.41, 5.74) is 0. The summed E-state index contributed by atoms with van der Waals surface area (Å²) >= 11 is 14.3. The Kier molecular flexibility index (Phi) is 36.0. The molecule has 0 saturated carbocycles. The van der Waals surface area contributed by atoms with Crippen LogP contribution in [0.1, 0.15) is 193 Å². The van der Waals surface area contributed by atoms with Crippen LogP contribution in [0, 0.1) is 0 Å². The molecule has 0 aliphatic carbocycles. The summed E-state index contributed by atoms with van der Waals surface area (Å²) in [6.45, 7) is 0. The van der Waals surface area contributed by atoms with Gasteiger partial charge in [-0.25, -0.2) is 0 Å². The molecular formula is C32H65Cl2ISi. The second-order valence-electron chi connectivity index (χ2n) is 11.5.